The Morgan fingerprint density at radius 1 is 1.29 bits per heavy atom. The molecule has 0 saturated carbocycles. The van der Waals surface area contributed by atoms with E-state index in [0.29, 0.717) is 11.4 Å². The summed E-state index contributed by atoms with van der Waals surface area (Å²) in [5.74, 6) is 1.96. The Labute approximate surface area is 128 Å². The summed E-state index contributed by atoms with van der Waals surface area (Å²) >= 11 is 5.03. The molecule has 21 heavy (non-hydrogen) atoms. The molecule has 0 aliphatic carbocycles. The number of para-hydroxylation sites is 2. The summed E-state index contributed by atoms with van der Waals surface area (Å²) in [7, 11) is 2.00. The van der Waals surface area contributed by atoms with Gasteiger partial charge in [-0.25, -0.2) is 9.97 Å². The SMILES string of the molecule is Cn1ccnc1CCn1c(CC(N)=S)nc2ccccc21. The van der Waals surface area contributed by atoms with Crippen LogP contribution in [0.2, 0.25) is 0 Å². The molecule has 108 valence electrons. The number of nitrogens with two attached hydrogens (primary N) is 1. The van der Waals surface area contributed by atoms with Gasteiger partial charge in [-0.05, 0) is 12.1 Å². The Bertz CT molecular complexity index is 786. The Hall–Kier alpha value is -2.21. The van der Waals surface area contributed by atoms with Gasteiger partial charge in [-0.1, -0.05) is 24.4 Å². The van der Waals surface area contributed by atoms with Crippen LogP contribution in [0.4, 0.5) is 0 Å². The van der Waals surface area contributed by atoms with Crippen molar-refractivity contribution in [3.63, 3.8) is 0 Å². The molecule has 3 aromatic rings. The number of hydrogen-bond acceptors (Lipinski definition) is 3. The van der Waals surface area contributed by atoms with Gasteiger partial charge in [0.05, 0.1) is 22.4 Å². The summed E-state index contributed by atoms with van der Waals surface area (Å²) in [6.07, 6.45) is 5.13. The van der Waals surface area contributed by atoms with Gasteiger partial charge in [0.1, 0.15) is 11.6 Å². The molecule has 2 N–H and O–H groups in total. The molecule has 0 aliphatic heterocycles. The van der Waals surface area contributed by atoms with E-state index in [1.807, 2.05) is 42.2 Å². The van der Waals surface area contributed by atoms with Crippen LogP contribution < -0.4 is 5.73 Å². The topological polar surface area (TPSA) is 61.7 Å². The first-order valence-corrected chi connectivity index (χ1v) is 7.24. The molecule has 0 aliphatic rings. The van der Waals surface area contributed by atoms with Crippen LogP contribution >= 0.6 is 12.2 Å². The first kappa shape index (κ1) is 13.8. The normalized spacial score (nSPS) is 11.1. The Morgan fingerprint density at radius 3 is 2.81 bits per heavy atom. The minimum atomic E-state index is 0.462. The van der Waals surface area contributed by atoms with Gasteiger partial charge in [-0.15, -0.1) is 0 Å². The maximum absolute atomic E-state index is 5.69. The first-order chi connectivity index (χ1) is 10.1. The van der Waals surface area contributed by atoms with E-state index in [9.17, 15) is 0 Å². The highest BCUT2D eigenvalue weighted by Crippen LogP contribution is 2.17. The number of fused-ring (bicyclic) bond motifs is 1. The molecule has 0 bridgehead atoms. The fraction of sp³-hybridized carbons (Fsp3) is 0.267. The van der Waals surface area contributed by atoms with E-state index in [1.165, 1.54) is 0 Å². The van der Waals surface area contributed by atoms with Crippen LogP contribution in [0.1, 0.15) is 11.6 Å². The van der Waals surface area contributed by atoms with Crippen molar-refractivity contribution in [2.45, 2.75) is 19.4 Å². The van der Waals surface area contributed by atoms with Crippen molar-refractivity contribution >= 4 is 28.2 Å². The van der Waals surface area contributed by atoms with Crippen molar-refractivity contribution < 1.29 is 0 Å². The number of thiocarbonyl (C=S) groups is 1. The molecule has 6 heteroatoms. The number of nitrogens with zero attached hydrogens (tertiary/aromatic N) is 4. The lowest BCUT2D eigenvalue weighted by Gasteiger charge is -2.09. The van der Waals surface area contributed by atoms with E-state index in [0.717, 1.165) is 35.6 Å². The predicted octanol–water partition coefficient (Wildman–Crippen LogP) is 1.84. The highest BCUT2D eigenvalue weighted by Gasteiger charge is 2.12. The monoisotopic (exact) mass is 299 g/mol. The maximum Gasteiger partial charge on any atom is 0.116 e. The predicted molar refractivity (Wildman–Crippen MR) is 87.1 cm³/mol. The first-order valence-electron chi connectivity index (χ1n) is 6.84. The van der Waals surface area contributed by atoms with Gasteiger partial charge in [0, 0.05) is 32.4 Å². The van der Waals surface area contributed by atoms with E-state index in [-0.39, 0.29) is 0 Å². The lowest BCUT2D eigenvalue weighted by molar-refractivity contribution is 0.644. The molecule has 2 heterocycles. The zero-order valence-corrected chi connectivity index (χ0v) is 12.7. The lowest BCUT2D eigenvalue weighted by Crippen LogP contribution is -2.16. The van der Waals surface area contributed by atoms with Crippen molar-refractivity contribution in [1.29, 1.82) is 0 Å². The molecular weight excluding hydrogens is 282 g/mol. The van der Waals surface area contributed by atoms with Gasteiger partial charge in [0.2, 0.25) is 0 Å². The Morgan fingerprint density at radius 2 is 2.10 bits per heavy atom. The smallest absolute Gasteiger partial charge is 0.116 e. The summed E-state index contributed by atoms with van der Waals surface area (Å²) in [4.78, 5) is 9.47. The van der Waals surface area contributed by atoms with E-state index in [1.54, 1.807) is 0 Å². The van der Waals surface area contributed by atoms with Crippen molar-refractivity contribution in [3.8, 4) is 0 Å². The van der Waals surface area contributed by atoms with Gasteiger partial charge < -0.3 is 14.9 Å². The largest absolute Gasteiger partial charge is 0.393 e. The number of rotatable bonds is 5. The number of aromatic nitrogens is 4. The van der Waals surface area contributed by atoms with Crippen LogP contribution in [0.15, 0.2) is 36.7 Å². The number of hydrogen-bond donors (Lipinski definition) is 1. The summed E-state index contributed by atoms with van der Waals surface area (Å²) in [5.41, 5.74) is 7.78. The van der Waals surface area contributed by atoms with Gasteiger partial charge in [-0.2, -0.15) is 0 Å². The summed E-state index contributed by atoms with van der Waals surface area (Å²) < 4.78 is 4.22. The van der Waals surface area contributed by atoms with Crippen molar-refractivity contribution in [1.82, 2.24) is 19.1 Å². The molecule has 0 atom stereocenters. The number of imidazole rings is 2. The van der Waals surface area contributed by atoms with Gasteiger partial charge >= 0.3 is 0 Å². The maximum atomic E-state index is 5.69. The average molecular weight is 299 g/mol. The molecule has 0 amide bonds. The van der Waals surface area contributed by atoms with Crippen LogP contribution in [0.5, 0.6) is 0 Å². The molecule has 0 radical (unpaired) electrons. The van der Waals surface area contributed by atoms with Crippen molar-refractivity contribution in [2.24, 2.45) is 12.8 Å². The quantitative estimate of drug-likeness (QED) is 0.730. The van der Waals surface area contributed by atoms with Crippen LogP contribution in [-0.2, 0) is 26.4 Å². The lowest BCUT2D eigenvalue weighted by atomic mass is 10.3. The second-order valence-electron chi connectivity index (χ2n) is 5.02. The number of benzene rings is 1. The van der Waals surface area contributed by atoms with E-state index in [4.69, 9.17) is 18.0 Å². The van der Waals surface area contributed by atoms with Crippen LogP contribution in [0.25, 0.3) is 11.0 Å². The summed E-state index contributed by atoms with van der Waals surface area (Å²) in [5, 5.41) is 0. The fourth-order valence-electron chi connectivity index (χ4n) is 2.51. The van der Waals surface area contributed by atoms with Gasteiger partial charge in [0.25, 0.3) is 0 Å². The molecule has 0 spiro atoms. The third kappa shape index (κ3) is 2.80. The third-order valence-electron chi connectivity index (χ3n) is 3.55. The molecule has 2 aromatic heterocycles. The standard InChI is InChI=1S/C15H17N5S/c1-19-9-7-17-14(19)6-8-20-12-5-3-2-4-11(12)18-15(20)10-13(16)21/h2-5,7,9H,6,8,10H2,1H3,(H2,16,21). The molecule has 3 rings (SSSR count). The second-order valence-corrected chi connectivity index (χ2v) is 5.54. The molecule has 0 fully saturated rings. The molecule has 0 saturated heterocycles. The second kappa shape index (κ2) is 5.65. The molecular formula is C15H17N5S. The molecule has 1 aromatic carbocycles. The minimum Gasteiger partial charge on any atom is -0.393 e. The summed E-state index contributed by atoms with van der Waals surface area (Å²) in [6, 6.07) is 8.09. The van der Waals surface area contributed by atoms with Gasteiger partial charge in [0.15, 0.2) is 0 Å². The fourth-order valence-corrected chi connectivity index (χ4v) is 2.64. The Kier molecular flexibility index (Phi) is 3.70. The zero-order chi connectivity index (χ0) is 14.8. The average Bonchev–Trinajstić information content (AvgIpc) is 2.99. The summed E-state index contributed by atoms with van der Waals surface area (Å²) in [6.45, 7) is 0.809. The van der Waals surface area contributed by atoms with Crippen molar-refractivity contribution in [2.75, 3.05) is 0 Å². The zero-order valence-electron chi connectivity index (χ0n) is 11.9. The Balaban J connectivity index is 1.94. The van der Waals surface area contributed by atoms with Gasteiger partial charge in [-0.3, -0.25) is 0 Å². The highest BCUT2D eigenvalue weighted by molar-refractivity contribution is 7.80. The van der Waals surface area contributed by atoms with E-state index >= 15 is 0 Å². The highest BCUT2D eigenvalue weighted by atomic mass is 32.1. The van der Waals surface area contributed by atoms with Crippen molar-refractivity contribution in [3.05, 3.63) is 48.3 Å². The van der Waals surface area contributed by atoms with Crippen LogP contribution in [0.3, 0.4) is 0 Å². The van der Waals surface area contributed by atoms with Crippen LogP contribution in [-0.4, -0.2) is 24.1 Å². The van der Waals surface area contributed by atoms with E-state index < -0.39 is 0 Å². The third-order valence-corrected chi connectivity index (χ3v) is 3.69. The molecule has 0 unspecified atom stereocenters. The molecule has 5 nitrogen and oxygen atoms in total. The minimum absolute atomic E-state index is 0.462. The van der Waals surface area contributed by atoms with E-state index in [2.05, 4.69) is 20.6 Å². The number of aryl methyl sites for hydroxylation is 3. The van der Waals surface area contributed by atoms with Crippen LogP contribution in [0, 0.1) is 0 Å².